The maximum absolute atomic E-state index is 5.95. The van der Waals surface area contributed by atoms with E-state index in [1.54, 1.807) is 34.9 Å². The van der Waals surface area contributed by atoms with Crippen LogP contribution in [0.25, 0.3) is 5.65 Å². The Morgan fingerprint density at radius 2 is 1.95 bits per heavy atom. The molecule has 0 fully saturated rings. The number of halogens is 2. The van der Waals surface area contributed by atoms with Gasteiger partial charge in [-0.1, -0.05) is 29.3 Å². The highest BCUT2D eigenvalue weighted by Crippen LogP contribution is 2.18. The van der Waals surface area contributed by atoms with Gasteiger partial charge in [-0.15, -0.1) is 10.2 Å². The van der Waals surface area contributed by atoms with Crippen LogP contribution < -0.4 is 4.74 Å². The lowest BCUT2D eigenvalue weighted by Crippen LogP contribution is -2.01. The molecule has 0 atom stereocenters. The normalized spacial score (nSPS) is 10.8. The van der Waals surface area contributed by atoms with Gasteiger partial charge in [0.1, 0.15) is 12.4 Å². The van der Waals surface area contributed by atoms with Crippen LogP contribution in [-0.2, 0) is 6.61 Å². The number of aromatic nitrogens is 3. The molecule has 2 heterocycles. The van der Waals surface area contributed by atoms with E-state index in [9.17, 15) is 0 Å². The first-order valence-corrected chi connectivity index (χ1v) is 6.35. The summed E-state index contributed by atoms with van der Waals surface area (Å²) in [6.45, 7) is 0.294. The molecule has 3 rings (SSSR count). The summed E-state index contributed by atoms with van der Waals surface area (Å²) >= 11 is 11.8. The Balaban J connectivity index is 1.84. The Kier molecular flexibility index (Phi) is 3.27. The molecule has 19 heavy (non-hydrogen) atoms. The number of fused-ring (bicyclic) bond motifs is 1. The van der Waals surface area contributed by atoms with Crippen molar-refractivity contribution in [2.45, 2.75) is 6.61 Å². The third kappa shape index (κ3) is 2.64. The summed E-state index contributed by atoms with van der Waals surface area (Å²) in [6, 6.07) is 10.8. The lowest BCUT2D eigenvalue weighted by atomic mass is 10.3. The number of nitrogens with zero attached hydrogens (tertiary/aromatic N) is 3. The second-order valence-electron chi connectivity index (χ2n) is 3.94. The number of pyridine rings is 1. The van der Waals surface area contributed by atoms with Gasteiger partial charge in [0.15, 0.2) is 11.5 Å². The van der Waals surface area contributed by atoms with E-state index in [1.165, 1.54) is 0 Å². The van der Waals surface area contributed by atoms with Crippen molar-refractivity contribution in [3.63, 3.8) is 0 Å². The molecule has 0 amide bonds. The average molecular weight is 294 g/mol. The molecule has 0 aliphatic heterocycles. The monoisotopic (exact) mass is 293 g/mol. The number of ether oxygens (including phenoxy) is 1. The Morgan fingerprint density at radius 1 is 1.05 bits per heavy atom. The molecule has 0 saturated heterocycles. The molecule has 0 aliphatic carbocycles. The third-order valence-corrected chi connectivity index (χ3v) is 3.06. The van der Waals surface area contributed by atoms with Gasteiger partial charge in [0.05, 0.1) is 5.02 Å². The number of hydrogen-bond acceptors (Lipinski definition) is 3. The zero-order valence-electron chi connectivity index (χ0n) is 9.75. The summed E-state index contributed by atoms with van der Waals surface area (Å²) in [6.07, 6.45) is 1.76. The molecule has 2 aromatic heterocycles. The summed E-state index contributed by atoms with van der Waals surface area (Å²) in [4.78, 5) is 0. The van der Waals surface area contributed by atoms with Crippen LogP contribution in [0.5, 0.6) is 5.75 Å². The van der Waals surface area contributed by atoms with Crippen LogP contribution in [0, 0.1) is 0 Å². The van der Waals surface area contributed by atoms with Crippen LogP contribution in [0.3, 0.4) is 0 Å². The van der Waals surface area contributed by atoms with Crippen LogP contribution in [0.4, 0.5) is 0 Å². The predicted octanol–water partition coefficient (Wildman–Crippen LogP) is 3.62. The summed E-state index contributed by atoms with van der Waals surface area (Å²) in [5.74, 6) is 1.36. The van der Waals surface area contributed by atoms with Crippen molar-refractivity contribution < 1.29 is 4.74 Å². The lowest BCUT2D eigenvalue weighted by Gasteiger charge is -2.05. The van der Waals surface area contributed by atoms with Crippen molar-refractivity contribution in [3.05, 3.63) is 58.5 Å². The van der Waals surface area contributed by atoms with E-state index < -0.39 is 0 Å². The molecule has 1 aromatic carbocycles. The summed E-state index contributed by atoms with van der Waals surface area (Å²) < 4.78 is 7.43. The standard InChI is InChI=1S/C13H9Cl2N3O/c14-9-2-1-3-11(6-9)19-8-13-17-16-12-5-4-10(15)7-18(12)13/h1-7H,8H2. The van der Waals surface area contributed by atoms with Crippen LogP contribution in [-0.4, -0.2) is 14.6 Å². The van der Waals surface area contributed by atoms with Crippen LogP contribution in [0.1, 0.15) is 5.82 Å². The first-order valence-electron chi connectivity index (χ1n) is 5.60. The van der Waals surface area contributed by atoms with E-state index in [2.05, 4.69) is 10.2 Å². The zero-order chi connectivity index (χ0) is 13.2. The van der Waals surface area contributed by atoms with Crippen molar-refractivity contribution in [1.29, 1.82) is 0 Å². The highest BCUT2D eigenvalue weighted by Gasteiger charge is 2.06. The van der Waals surface area contributed by atoms with E-state index in [-0.39, 0.29) is 0 Å². The van der Waals surface area contributed by atoms with Crippen LogP contribution in [0.15, 0.2) is 42.6 Å². The molecule has 0 spiro atoms. The Labute approximate surface area is 119 Å². The van der Waals surface area contributed by atoms with E-state index in [1.807, 2.05) is 12.1 Å². The predicted molar refractivity (Wildman–Crippen MR) is 73.8 cm³/mol. The largest absolute Gasteiger partial charge is 0.486 e. The summed E-state index contributed by atoms with van der Waals surface area (Å²) in [5.41, 5.74) is 0.731. The van der Waals surface area contributed by atoms with Crippen molar-refractivity contribution >= 4 is 28.8 Å². The average Bonchev–Trinajstić information content (AvgIpc) is 2.79. The lowest BCUT2D eigenvalue weighted by molar-refractivity contribution is 0.294. The van der Waals surface area contributed by atoms with Gasteiger partial charge in [-0.2, -0.15) is 0 Å². The van der Waals surface area contributed by atoms with E-state index >= 15 is 0 Å². The van der Waals surface area contributed by atoms with Crippen molar-refractivity contribution in [3.8, 4) is 5.75 Å². The van der Waals surface area contributed by atoms with E-state index in [4.69, 9.17) is 27.9 Å². The van der Waals surface area contributed by atoms with Gasteiger partial charge < -0.3 is 4.74 Å². The topological polar surface area (TPSA) is 39.4 Å². The third-order valence-electron chi connectivity index (χ3n) is 2.60. The van der Waals surface area contributed by atoms with E-state index in [0.717, 1.165) is 5.65 Å². The van der Waals surface area contributed by atoms with E-state index in [0.29, 0.717) is 28.2 Å². The van der Waals surface area contributed by atoms with Gasteiger partial charge in [0, 0.05) is 11.2 Å². The molecule has 96 valence electrons. The second kappa shape index (κ2) is 5.07. The molecule has 3 aromatic rings. The first-order chi connectivity index (χ1) is 9.22. The van der Waals surface area contributed by atoms with Crippen molar-refractivity contribution in [2.24, 2.45) is 0 Å². The fraction of sp³-hybridized carbons (Fsp3) is 0.0769. The quantitative estimate of drug-likeness (QED) is 0.740. The maximum Gasteiger partial charge on any atom is 0.175 e. The highest BCUT2D eigenvalue weighted by atomic mass is 35.5. The minimum absolute atomic E-state index is 0.294. The Morgan fingerprint density at radius 3 is 2.79 bits per heavy atom. The molecular formula is C13H9Cl2N3O. The van der Waals surface area contributed by atoms with Gasteiger partial charge in [0.2, 0.25) is 0 Å². The minimum atomic E-state index is 0.294. The summed E-state index contributed by atoms with van der Waals surface area (Å²) in [5, 5.41) is 9.36. The molecule has 0 saturated carbocycles. The van der Waals surface area contributed by atoms with Gasteiger partial charge in [-0.25, -0.2) is 0 Å². The van der Waals surface area contributed by atoms with Crippen molar-refractivity contribution in [1.82, 2.24) is 14.6 Å². The fourth-order valence-corrected chi connectivity index (χ4v) is 2.06. The number of rotatable bonds is 3. The molecule has 4 nitrogen and oxygen atoms in total. The number of hydrogen-bond donors (Lipinski definition) is 0. The Hall–Kier alpha value is -1.78. The van der Waals surface area contributed by atoms with Crippen molar-refractivity contribution in [2.75, 3.05) is 0 Å². The fourth-order valence-electron chi connectivity index (χ4n) is 1.72. The highest BCUT2D eigenvalue weighted by molar-refractivity contribution is 6.30. The maximum atomic E-state index is 5.95. The SMILES string of the molecule is Clc1cccc(OCc2nnc3ccc(Cl)cn23)c1. The van der Waals surface area contributed by atoms with Gasteiger partial charge >= 0.3 is 0 Å². The van der Waals surface area contributed by atoms with Crippen LogP contribution >= 0.6 is 23.2 Å². The summed E-state index contributed by atoms with van der Waals surface area (Å²) in [7, 11) is 0. The van der Waals surface area contributed by atoms with Gasteiger partial charge in [-0.05, 0) is 30.3 Å². The Bertz CT molecular complexity index is 727. The second-order valence-corrected chi connectivity index (χ2v) is 4.81. The molecule has 6 heteroatoms. The molecule has 0 aliphatic rings. The molecule has 0 unspecified atom stereocenters. The first kappa shape index (κ1) is 12.3. The molecule has 0 bridgehead atoms. The van der Waals surface area contributed by atoms with Gasteiger partial charge in [0.25, 0.3) is 0 Å². The van der Waals surface area contributed by atoms with Gasteiger partial charge in [-0.3, -0.25) is 4.40 Å². The minimum Gasteiger partial charge on any atom is -0.486 e. The molecule has 0 N–H and O–H groups in total. The smallest absolute Gasteiger partial charge is 0.175 e. The zero-order valence-corrected chi connectivity index (χ0v) is 11.3. The molecule has 0 radical (unpaired) electrons. The molecular weight excluding hydrogens is 285 g/mol. The number of benzene rings is 1. The van der Waals surface area contributed by atoms with Crippen LogP contribution in [0.2, 0.25) is 10.0 Å².